The molecule has 0 aliphatic heterocycles. The van der Waals surface area contributed by atoms with Crippen molar-refractivity contribution in [3.05, 3.63) is 11.6 Å². The van der Waals surface area contributed by atoms with Crippen molar-refractivity contribution in [2.75, 3.05) is 0 Å². The maximum atomic E-state index is 12.4. The molecule has 0 aromatic carbocycles. The molecule has 7 nitrogen and oxygen atoms in total. The zero-order chi connectivity index (χ0) is 25.1. The molecule has 4 aliphatic carbocycles. The van der Waals surface area contributed by atoms with Crippen molar-refractivity contribution in [1.82, 2.24) is 0 Å². The Morgan fingerprint density at radius 1 is 1.00 bits per heavy atom. The van der Waals surface area contributed by atoms with Crippen LogP contribution in [0.2, 0.25) is 0 Å². The summed E-state index contributed by atoms with van der Waals surface area (Å²) in [5.74, 6) is -0.877. The predicted molar refractivity (Wildman–Crippen MR) is 124 cm³/mol. The molecule has 190 valence electrons. The zero-order valence-electron chi connectivity index (χ0n) is 21.4. The first kappa shape index (κ1) is 25.2. The summed E-state index contributed by atoms with van der Waals surface area (Å²) in [5.41, 5.74) is -0.602. The van der Waals surface area contributed by atoms with Gasteiger partial charge >= 0.3 is 17.9 Å². The lowest BCUT2D eigenvalue weighted by molar-refractivity contribution is -0.241. The molecule has 0 radical (unpaired) electrons. The fourth-order valence-corrected chi connectivity index (χ4v) is 8.39. The smallest absolute Gasteiger partial charge is 0.302 e. The monoisotopic (exact) mass is 476 g/mol. The average Bonchev–Trinajstić information content (AvgIpc) is 3.00. The molecular weight excluding hydrogens is 436 g/mol. The third kappa shape index (κ3) is 3.78. The number of carbonyl (C=O) groups excluding carboxylic acids is 3. The molecule has 4 rings (SSSR count). The van der Waals surface area contributed by atoms with E-state index in [1.54, 1.807) is 0 Å². The summed E-state index contributed by atoms with van der Waals surface area (Å²) < 4.78 is 17.1. The second-order valence-electron chi connectivity index (χ2n) is 11.6. The number of allylic oxidation sites excluding steroid dienone is 1. The molecule has 3 saturated carbocycles. The molecule has 34 heavy (non-hydrogen) atoms. The van der Waals surface area contributed by atoms with Crippen LogP contribution in [0, 0.1) is 28.6 Å². The first-order valence-corrected chi connectivity index (χ1v) is 12.8. The molecule has 0 bridgehead atoms. The molecule has 4 aliphatic rings. The van der Waals surface area contributed by atoms with E-state index in [4.69, 9.17) is 14.2 Å². The Kier molecular flexibility index (Phi) is 6.41. The summed E-state index contributed by atoms with van der Waals surface area (Å²) in [4.78, 5) is 35.5. The highest BCUT2D eigenvalue weighted by Gasteiger charge is 2.71. The number of esters is 3. The Bertz CT molecular complexity index is 895. The van der Waals surface area contributed by atoms with E-state index in [0.717, 1.165) is 25.7 Å². The highest BCUT2D eigenvalue weighted by Crippen LogP contribution is 2.69. The molecule has 0 aromatic rings. The number of fused-ring (bicyclic) bond motifs is 5. The van der Waals surface area contributed by atoms with Gasteiger partial charge in [0.05, 0.1) is 5.60 Å². The summed E-state index contributed by atoms with van der Waals surface area (Å²) in [6, 6.07) is 0. The highest BCUT2D eigenvalue weighted by atomic mass is 16.6. The van der Waals surface area contributed by atoms with Gasteiger partial charge in [0.15, 0.2) is 0 Å². The fourth-order valence-electron chi connectivity index (χ4n) is 8.39. The molecule has 0 spiro atoms. The van der Waals surface area contributed by atoms with Gasteiger partial charge in [-0.3, -0.25) is 14.4 Å². The summed E-state index contributed by atoms with van der Waals surface area (Å²) in [7, 11) is 0. The Labute approximate surface area is 202 Å². The van der Waals surface area contributed by atoms with E-state index in [9.17, 15) is 19.5 Å². The lowest BCUT2D eigenvalue weighted by Crippen LogP contribution is -2.67. The van der Waals surface area contributed by atoms with Crippen LogP contribution in [0.1, 0.15) is 86.5 Å². The molecule has 0 saturated heterocycles. The van der Waals surface area contributed by atoms with Crippen molar-refractivity contribution in [3.8, 4) is 0 Å². The molecular formula is C27H40O7. The quantitative estimate of drug-likeness (QED) is 0.370. The first-order valence-electron chi connectivity index (χ1n) is 12.8. The summed E-state index contributed by atoms with van der Waals surface area (Å²) in [6.45, 7) is 10.5. The number of rotatable bonds is 4. The minimum atomic E-state index is -1.03. The Balaban J connectivity index is 1.71. The van der Waals surface area contributed by atoms with Crippen molar-refractivity contribution < 1.29 is 33.7 Å². The number of hydrogen-bond donors (Lipinski definition) is 1. The highest BCUT2D eigenvalue weighted by molar-refractivity contribution is 5.67. The molecule has 3 fully saturated rings. The van der Waals surface area contributed by atoms with Crippen LogP contribution in [0.5, 0.6) is 0 Å². The van der Waals surface area contributed by atoms with Crippen molar-refractivity contribution >= 4 is 17.9 Å². The van der Waals surface area contributed by atoms with Gasteiger partial charge in [0.2, 0.25) is 0 Å². The van der Waals surface area contributed by atoms with Gasteiger partial charge in [0.1, 0.15) is 18.3 Å². The minimum absolute atomic E-state index is 0.0258. The molecule has 9 atom stereocenters. The van der Waals surface area contributed by atoms with Crippen LogP contribution in [-0.2, 0) is 28.6 Å². The third-order valence-electron chi connectivity index (χ3n) is 9.94. The van der Waals surface area contributed by atoms with Gasteiger partial charge in [-0.15, -0.1) is 0 Å². The summed E-state index contributed by atoms with van der Waals surface area (Å²) >= 11 is 0. The van der Waals surface area contributed by atoms with E-state index in [1.165, 1.54) is 26.3 Å². The zero-order valence-corrected chi connectivity index (χ0v) is 21.4. The lowest BCUT2D eigenvalue weighted by atomic mass is 9.44. The molecule has 7 heteroatoms. The molecule has 0 amide bonds. The second-order valence-corrected chi connectivity index (χ2v) is 11.6. The normalized spacial score (nSPS) is 44.0. The van der Waals surface area contributed by atoms with Crippen LogP contribution in [-0.4, -0.2) is 46.9 Å². The van der Waals surface area contributed by atoms with Crippen LogP contribution < -0.4 is 0 Å². The first-order chi connectivity index (χ1) is 15.8. The van der Waals surface area contributed by atoms with Crippen LogP contribution in [0.25, 0.3) is 0 Å². The fraction of sp³-hybridized carbons (Fsp3) is 0.815. The van der Waals surface area contributed by atoms with Crippen LogP contribution in [0.15, 0.2) is 11.6 Å². The lowest BCUT2D eigenvalue weighted by Gasteiger charge is -2.63. The van der Waals surface area contributed by atoms with Gasteiger partial charge < -0.3 is 19.3 Å². The van der Waals surface area contributed by atoms with Crippen molar-refractivity contribution in [2.45, 2.75) is 110 Å². The van der Waals surface area contributed by atoms with Gasteiger partial charge in [-0.1, -0.05) is 25.5 Å². The minimum Gasteiger partial charge on any atom is -0.463 e. The number of carbonyl (C=O) groups is 3. The maximum Gasteiger partial charge on any atom is 0.302 e. The summed E-state index contributed by atoms with van der Waals surface area (Å²) in [5, 5.41) is 12.4. The van der Waals surface area contributed by atoms with E-state index in [1.807, 2.05) is 13.8 Å². The topological polar surface area (TPSA) is 99.1 Å². The van der Waals surface area contributed by atoms with E-state index < -0.39 is 17.1 Å². The molecule has 0 aromatic heterocycles. The predicted octanol–water partition coefficient (Wildman–Crippen LogP) is 4.11. The maximum absolute atomic E-state index is 12.4. The Hall–Kier alpha value is -1.89. The Morgan fingerprint density at radius 3 is 2.29 bits per heavy atom. The average molecular weight is 477 g/mol. The van der Waals surface area contributed by atoms with Crippen molar-refractivity contribution in [3.63, 3.8) is 0 Å². The van der Waals surface area contributed by atoms with E-state index >= 15 is 0 Å². The summed E-state index contributed by atoms with van der Waals surface area (Å²) in [6.07, 6.45) is 6.41. The van der Waals surface area contributed by atoms with Gasteiger partial charge in [0.25, 0.3) is 0 Å². The van der Waals surface area contributed by atoms with Crippen molar-refractivity contribution in [1.29, 1.82) is 0 Å². The van der Waals surface area contributed by atoms with E-state index in [-0.39, 0.29) is 53.3 Å². The largest absolute Gasteiger partial charge is 0.463 e. The number of aliphatic hydroxyl groups is 1. The van der Waals surface area contributed by atoms with Gasteiger partial charge in [-0.05, 0) is 62.7 Å². The van der Waals surface area contributed by atoms with Gasteiger partial charge in [-0.2, -0.15) is 0 Å². The molecule has 1 N–H and O–H groups in total. The third-order valence-corrected chi connectivity index (χ3v) is 9.94. The second kappa shape index (κ2) is 8.65. The van der Waals surface area contributed by atoms with Crippen LogP contribution in [0.4, 0.5) is 0 Å². The SMILES string of the molecule is CC(=O)OC1CCC2(C)C(=CCC3C2CC(OC(C)=O)C2(C)C(C(C)OC(C)=O)CCC32O)C1. The van der Waals surface area contributed by atoms with Crippen molar-refractivity contribution in [2.24, 2.45) is 28.6 Å². The standard InChI is InChI=1S/C27H40O7/c1-15(32-16(2)28)21-10-12-27(31)22-8-7-19-13-20(33-17(3)29)9-11-25(19,5)23(22)14-24(26(21,27)6)34-18(4)30/h7,15,20-24,31H,8-14H2,1-6H3. The molecule has 0 heterocycles. The van der Waals surface area contributed by atoms with Crippen LogP contribution >= 0.6 is 0 Å². The number of ether oxygens (including phenoxy) is 3. The number of hydrogen-bond acceptors (Lipinski definition) is 7. The van der Waals surface area contributed by atoms with Gasteiger partial charge in [0, 0.05) is 38.5 Å². The molecule has 9 unspecified atom stereocenters. The van der Waals surface area contributed by atoms with Crippen LogP contribution in [0.3, 0.4) is 0 Å². The van der Waals surface area contributed by atoms with Gasteiger partial charge in [-0.25, -0.2) is 0 Å². The van der Waals surface area contributed by atoms with E-state index in [2.05, 4.69) is 13.0 Å². The Morgan fingerprint density at radius 2 is 1.68 bits per heavy atom. The van der Waals surface area contributed by atoms with E-state index in [0.29, 0.717) is 19.3 Å².